The van der Waals surface area contributed by atoms with Crippen LogP contribution in [0.15, 0.2) is 84.9 Å². The van der Waals surface area contributed by atoms with Gasteiger partial charge < -0.3 is 15.5 Å². The third-order valence-electron chi connectivity index (χ3n) is 5.38. The van der Waals surface area contributed by atoms with Crippen molar-refractivity contribution in [1.29, 1.82) is 0 Å². The maximum Gasteiger partial charge on any atom is 0.224 e. The molecule has 3 aromatic carbocycles. The molecule has 1 saturated heterocycles. The first-order chi connectivity index (χ1) is 14.3. The number of carbonyl (C=O) groups excluding carboxylic acids is 1. The van der Waals surface area contributed by atoms with E-state index in [0.717, 1.165) is 31.7 Å². The Morgan fingerprint density at radius 2 is 1.62 bits per heavy atom. The maximum absolute atomic E-state index is 12.2. The number of nitrogens with zero attached hydrogens (tertiary/aromatic N) is 1. The minimum absolute atomic E-state index is 0.0490. The molecule has 4 heteroatoms. The number of nitrogens with one attached hydrogen (secondary N) is 2. The molecule has 1 aliphatic heterocycles. The van der Waals surface area contributed by atoms with E-state index in [4.69, 9.17) is 0 Å². The fourth-order valence-electron chi connectivity index (χ4n) is 3.77. The van der Waals surface area contributed by atoms with Crippen LogP contribution in [0.4, 0.5) is 11.4 Å². The van der Waals surface area contributed by atoms with Crippen LogP contribution >= 0.6 is 0 Å². The number of hydrogen-bond acceptors (Lipinski definition) is 3. The van der Waals surface area contributed by atoms with Gasteiger partial charge in [-0.15, -0.1) is 0 Å². The van der Waals surface area contributed by atoms with E-state index in [9.17, 15) is 4.79 Å². The Morgan fingerprint density at radius 3 is 2.34 bits per heavy atom. The van der Waals surface area contributed by atoms with Crippen LogP contribution < -0.4 is 15.5 Å². The van der Waals surface area contributed by atoms with Crippen molar-refractivity contribution in [3.8, 4) is 0 Å². The minimum Gasteiger partial charge on any atom is -0.368 e. The zero-order valence-corrected chi connectivity index (χ0v) is 16.6. The van der Waals surface area contributed by atoms with Gasteiger partial charge in [-0.1, -0.05) is 60.7 Å². The average molecular weight is 386 g/mol. The summed E-state index contributed by atoms with van der Waals surface area (Å²) in [4.78, 5) is 14.6. The lowest BCUT2D eigenvalue weighted by atomic mass is 10.0. The quantitative estimate of drug-likeness (QED) is 0.661. The van der Waals surface area contributed by atoms with Gasteiger partial charge in [0.15, 0.2) is 0 Å². The standard InChI is InChI=1S/C25H27N3O/c29-25(16-11-20-7-3-1-4-8-20)27-22-12-14-23(15-13-22)28-18-17-26-24(19-28)21-9-5-2-6-10-21/h1-10,12-15,24,26H,11,16-19H2,(H,27,29). The predicted molar refractivity (Wildman–Crippen MR) is 119 cm³/mol. The van der Waals surface area contributed by atoms with Gasteiger partial charge in [-0.2, -0.15) is 0 Å². The van der Waals surface area contributed by atoms with Gasteiger partial charge in [-0.05, 0) is 41.8 Å². The van der Waals surface area contributed by atoms with Crippen LogP contribution in [-0.2, 0) is 11.2 Å². The highest BCUT2D eigenvalue weighted by Gasteiger charge is 2.20. The third kappa shape index (κ3) is 5.24. The van der Waals surface area contributed by atoms with Crippen LogP contribution in [0.3, 0.4) is 0 Å². The summed E-state index contributed by atoms with van der Waals surface area (Å²) in [7, 11) is 0. The summed E-state index contributed by atoms with van der Waals surface area (Å²) in [5.41, 5.74) is 4.54. The Balaban J connectivity index is 1.32. The van der Waals surface area contributed by atoms with Crippen LogP contribution in [0.2, 0.25) is 0 Å². The van der Waals surface area contributed by atoms with Crippen molar-refractivity contribution in [3.63, 3.8) is 0 Å². The van der Waals surface area contributed by atoms with Gasteiger partial charge >= 0.3 is 0 Å². The van der Waals surface area contributed by atoms with Gasteiger partial charge in [0.2, 0.25) is 5.91 Å². The van der Waals surface area contributed by atoms with Gasteiger partial charge in [-0.3, -0.25) is 4.79 Å². The number of carbonyl (C=O) groups is 1. The van der Waals surface area contributed by atoms with E-state index >= 15 is 0 Å². The lowest BCUT2D eigenvalue weighted by molar-refractivity contribution is -0.116. The van der Waals surface area contributed by atoms with E-state index in [-0.39, 0.29) is 5.91 Å². The highest BCUT2D eigenvalue weighted by molar-refractivity contribution is 5.91. The molecule has 0 aromatic heterocycles. The second-order valence-corrected chi connectivity index (χ2v) is 7.44. The number of amides is 1. The normalized spacial score (nSPS) is 16.4. The average Bonchev–Trinajstić information content (AvgIpc) is 2.80. The summed E-state index contributed by atoms with van der Waals surface area (Å²) in [5.74, 6) is 0.0490. The van der Waals surface area contributed by atoms with Gasteiger partial charge in [0, 0.05) is 43.5 Å². The smallest absolute Gasteiger partial charge is 0.224 e. The Bertz CT molecular complexity index is 910. The molecule has 4 nitrogen and oxygen atoms in total. The molecule has 29 heavy (non-hydrogen) atoms. The lowest BCUT2D eigenvalue weighted by Crippen LogP contribution is -2.45. The molecule has 1 amide bonds. The summed E-state index contributed by atoms with van der Waals surface area (Å²) in [6.45, 7) is 2.87. The largest absolute Gasteiger partial charge is 0.368 e. The van der Waals surface area contributed by atoms with E-state index in [0.29, 0.717) is 12.5 Å². The van der Waals surface area contributed by atoms with E-state index in [1.807, 2.05) is 30.3 Å². The Kier molecular flexibility index (Phi) is 6.22. The van der Waals surface area contributed by atoms with Crippen molar-refractivity contribution in [2.45, 2.75) is 18.9 Å². The SMILES string of the molecule is O=C(CCc1ccccc1)Nc1ccc(N2CCNC(c3ccccc3)C2)cc1. The van der Waals surface area contributed by atoms with E-state index in [1.165, 1.54) is 16.8 Å². The third-order valence-corrected chi connectivity index (χ3v) is 5.38. The maximum atomic E-state index is 12.2. The van der Waals surface area contributed by atoms with Crippen LogP contribution in [0.1, 0.15) is 23.6 Å². The molecule has 1 fully saturated rings. The molecule has 1 heterocycles. The molecule has 4 rings (SSSR count). The molecular weight excluding hydrogens is 358 g/mol. The fourth-order valence-corrected chi connectivity index (χ4v) is 3.77. The van der Waals surface area contributed by atoms with Crippen LogP contribution in [0, 0.1) is 0 Å². The Labute approximate surface area is 172 Å². The molecule has 3 aromatic rings. The molecule has 0 radical (unpaired) electrons. The van der Waals surface area contributed by atoms with E-state index in [1.54, 1.807) is 0 Å². The molecule has 0 spiro atoms. The van der Waals surface area contributed by atoms with Crippen LogP contribution in [0.5, 0.6) is 0 Å². The number of piperazine rings is 1. The first-order valence-corrected chi connectivity index (χ1v) is 10.2. The molecule has 148 valence electrons. The monoisotopic (exact) mass is 385 g/mol. The molecule has 0 bridgehead atoms. The summed E-state index contributed by atoms with van der Waals surface area (Å²) < 4.78 is 0. The molecule has 2 N–H and O–H groups in total. The van der Waals surface area contributed by atoms with Gasteiger partial charge in [0.05, 0.1) is 0 Å². The van der Waals surface area contributed by atoms with Crippen molar-refractivity contribution in [1.82, 2.24) is 5.32 Å². The van der Waals surface area contributed by atoms with Gasteiger partial charge in [0.25, 0.3) is 0 Å². The first-order valence-electron chi connectivity index (χ1n) is 10.2. The zero-order chi connectivity index (χ0) is 19.9. The van der Waals surface area contributed by atoms with Crippen molar-refractivity contribution < 1.29 is 4.79 Å². The summed E-state index contributed by atoms with van der Waals surface area (Å²) in [6, 6.07) is 29.2. The molecule has 0 saturated carbocycles. The Morgan fingerprint density at radius 1 is 0.931 bits per heavy atom. The van der Waals surface area contributed by atoms with E-state index in [2.05, 4.69) is 70.1 Å². The summed E-state index contributed by atoms with van der Waals surface area (Å²) in [6.07, 6.45) is 1.24. The molecular formula is C25H27N3O. The highest BCUT2D eigenvalue weighted by Crippen LogP contribution is 2.24. The number of hydrogen-bond donors (Lipinski definition) is 2. The van der Waals surface area contributed by atoms with Gasteiger partial charge in [0.1, 0.15) is 0 Å². The molecule has 1 unspecified atom stereocenters. The van der Waals surface area contributed by atoms with Crippen LogP contribution in [-0.4, -0.2) is 25.5 Å². The summed E-state index contributed by atoms with van der Waals surface area (Å²) in [5, 5.41) is 6.61. The Hall–Kier alpha value is -3.11. The number of rotatable bonds is 6. The van der Waals surface area contributed by atoms with Gasteiger partial charge in [-0.25, -0.2) is 0 Å². The van der Waals surface area contributed by atoms with Crippen molar-refractivity contribution in [2.75, 3.05) is 29.9 Å². The highest BCUT2D eigenvalue weighted by atomic mass is 16.1. The zero-order valence-electron chi connectivity index (χ0n) is 16.6. The number of benzene rings is 3. The molecule has 1 atom stereocenters. The molecule has 0 aliphatic carbocycles. The number of anilines is 2. The first kappa shape index (κ1) is 19.2. The second-order valence-electron chi connectivity index (χ2n) is 7.44. The number of aryl methyl sites for hydroxylation is 1. The van der Waals surface area contributed by atoms with Crippen molar-refractivity contribution in [3.05, 3.63) is 96.1 Å². The van der Waals surface area contributed by atoms with E-state index < -0.39 is 0 Å². The second kappa shape index (κ2) is 9.39. The van der Waals surface area contributed by atoms with Crippen molar-refractivity contribution in [2.24, 2.45) is 0 Å². The fraction of sp³-hybridized carbons (Fsp3) is 0.240. The minimum atomic E-state index is 0.0490. The molecule has 1 aliphatic rings. The lowest BCUT2D eigenvalue weighted by Gasteiger charge is -2.35. The van der Waals surface area contributed by atoms with Crippen LogP contribution in [0.25, 0.3) is 0 Å². The van der Waals surface area contributed by atoms with Crippen molar-refractivity contribution >= 4 is 17.3 Å². The topological polar surface area (TPSA) is 44.4 Å². The predicted octanol–water partition coefficient (Wildman–Crippen LogP) is 4.41. The summed E-state index contributed by atoms with van der Waals surface area (Å²) >= 11 is 0.